The van der Waals surface area contributed by atoms with Gasteiger partial charge in [0.05, 0.1) is 6.10 Å². The predicted molar refractivity (Wildman–Crippen MR) is 104 cm³/mol. The number of hydrogen-bond acceptors (Lipinski definition) is 6. The molecule has 4 N–H and O–H groups in total. The molecule has 7 heteroatoms. The standard InChI is InChI=1S/C22H30FNO5/c1-12-8-16-15-5-4-13-9-14(24-29)6-7-19(13,2)21(15,23)17(26)10-20(16,3)22(12,28)18(27)11-25/h6-7,9,12,15-17,25-26,28-29H,4-5,8,10-11H2,1-3H3/b24-14+/t12-,15+,16+,17+,19+,20+,21+,22+/m1/s1. The second-order valence-electron chi connectivity index (χ2n) is 9.87. The average Bonchev–Trinajstić information content (AvgIpc) is 2.89. The minimum absolute atomic E-state index is 0.0606. The Bertz CT molecular complexity index is 839. The summed E-state index contributed by atoms with van der Waals surface area (Å²) in [4.78, 5) is 12.6. The molecule has 3 saturated carbocycles. The van der Waals surface area contributed by atoms with Gasteiger partial charge in [-0.15, -0.1) is 0 Å². The van der Waals surface area contributed by atoms with Crippen LogP contribution in [0.5, 0.6) is 0 Å². The SMILES string of the molecule is C[C@@H]1C[C@H]2[C@@H]3CCC4=C/C(=N/O)C=C[C@]4(C)[C@@]3(F)[C@@H](O)C[C@]2(C)[C@@]1(O)C(=O)CO. The van der Waals surface area contributed by atoms with Crippen LogP contribution in [0.3, 0.4) is 0 Å². The summed E-state index contributed by atoms with van der Waals surface area (Å²) >= 11 is 0. The Kier molecular flexibility index (Phi) is 4.44. The first-order valence-corrected chi connectivity index (χ1v) is 10.4. The number of carbonyl (C=O) groups excluding carboxylic acids is 1. The largest absolute Gasteiger partial charge is 0.410 e. The number of nitrogens with zero attached hydrogens (tertiary/aromatic N) is 1. The van der Waals surface area contributed by atoms with Gasteiger partial charge in [-0.2, -0.15) is 0 Å². The Hall–Kier alpha value is -1.57. The van der Waals surface area contributed by atoms with Crippen LogP contribution in [0.1, 0.15) is 46.5 Å². The molecule has 3 fully saturated rings. The van der Waals surface area contributed by atoms with Crippen molar-refractivity contribution < 1.29 is 29.7 Å². The molecular formula is C22H30FNO5. The maximum atomic E-state index is 17.0. The van der Waals surface area contributed by atoms with Gasteiger partial charge >= 0.3 is 0 Å². The van der Waals surface area contributed by atoms with Crippen molar-refractivity contribution in [2.24, 2.45) is 33.7 Å². The maximum Gasteiger partial charge on any atom is 0.190 e. The molecule has 0 aromatic carbocycles. The first-order chi connectivity index (χ1) is 13.5. The number of oxime groups is 1. The quantitative estimate of drug-likeness (QED) is 0.414. The summed E-state index contributed by atoms with van der Waals surface area (Å²) in [6.07, 6.45) is 4.99. The normalized spacial score (nSPS) is 52.5. The lowest BCUT2D eigenvalue weighted by Crippen LogP contribution is -2.69. The highest BCUT2D eigenvalue weighted by Gasteiger charge is 2.75. The minimum Gasteiger partial charge on any atom is -0.410 e. The van der Waals surface area contributed by atoms with Crippen LogP contribution < -0.4 is 0 Å². The van der Waals surface area contributed by atoms with Crippen LogP contribution in [-0.2, 0) is 4.79 Å². The van der Waals surface area contributed by atoms with Crippen LogP contribution in [0.25, 0.3) is 0 Å². The Morgan fingerprint density at radius 1 is 1.34 bits per heavy atom. The smallest absolute Gasteiger partial charge is 0.190 e. The van der Waals surface area contributed by atoms with E-state index in [0.29, 0.717) is 25.0 Å². The van der Waals surface area contributed by atoms with Crippen molar-refractivity contribution in [1.29, 1.82) is 0 Å². The molecule has 8 atom stereocenters. The molecule has 0 spiro atoms. The van der Waals surface area contributed by atoms with Crippen LogP contribution in [-0.4, -0.2) is 56.0 Å². The van der Waals surface area contributed by atoms with Gasteiger partial charge in [0.15, 0.2) is 11.5 Å². The molecule has 4 rings (SSSR count). The van der Waals surface area contributed by atoms with E-state index in [2.05, 4.69) is 5.16 Å². The van der Waals surface area contributed by atoms with E-state index in [0.717, 1.165) is 5.57 Å². The average molecular weight is 407 g/mol. The number of ketones is 1. The number of halogens is 1. The van der Waals surface area contributed by atoms with Crippen LogP contribution in [0.15, 0.2) is 29.0 Å². The Balaban J connectivity index is 1.83. The summed E-state index contributed by atoms with van der Waals surface area (Å²) in [7, 11) is 0. The molecule has 0 bridgehead atoms. The van der Waals surface area contributed by atoms with E-state index in [4.69, 9.17) is 5.21 Å². The lowest BCUT2D eigenvalue weighted by Gasteiger charge is -2.62. The number of alkyl halides is 1. The van der Waals surface area contributed by atoms with Crippen molar-refractivity contribution in [3.05, 3.63) is 23.8 Å². The van der Waals surface area contributed by atoms with E-state index < -0.39 is 52.4 Å². The number of rotatable bonds is 2. The zero-order valence-electron chi connectivity index (χ0n) is 17.1. The zero-order chi connectivity index (χ0) is 21.4. The number of aliphatic hydroxyl groups is 3. The molecule has 0 saturated heterocycles. The van der Waals surface area contributed by atoms with Gasteiger partial charge in [-0.05, 0) is 56.6 Å². The van der Waals surface area contributed by atoms with Gasteiger partial charge in [0, 0.05) is 16.7 Å². The number of carbonyl (C=O) groups is 1. The van der Waals surface area contributed by atoms with E-state index in [1.54, 1.807) is 39.0 Å². The Morgan fingerprint density at radius 3 is 2.66 bits per heavy atom. The molecule has 0 radical (unpaired) electrons. The Labute approximate surface area is 169 Å². The highest BCUT2D eigenvalue weighted by Crippen LogP contribution is 2.70. The van der Waals surface area contributed by atoms with E-state index in [1.165, 1.54) is 0 Å². The van der Waals surface area contributed by atoms with Crippen molar-refractivity contribution in [1.82, 2.24) is 0 Å². The molecule has 4 aliphatic rings. The van der Waals surface area contributed by atoms with E-state index in [-0.39, 0.29) is 12.3 Å². The summed E-state index contributed by atoms with van der Waals surface area (Å²) < 4.78 is 17.0. The van der Waals surface area contributed by atoms with Crippen LogP contribution in [0.2, 0.25) is 0 Å². The van der Waals surface area contributed by atoms with Gasteiger partial charge in [-0.25, -0.2) is 4.39 Å². The van der Waals surface area contributed by atoms with E-state index >= 15 is 4.39 Å². The molecule has 0 unspecified atom stereocenters. The molecule has 6 nitrogen and oxygen atoms in total. The van der Waals surface area contributed by atoms with Crippen LogP contribution in [0, 0.1) is 28.6 Å². The third-order valence-electron chi connectivity index (χ3n) is 8.92. The molecule has 0 aromatic heterocycles. The number of Topliss-reactive ketones (excluding diaryl/α,β-unsaturated/α-hetero) is 1. The summed E-state index contributed by atoms with van der Waals surface area (Å²) in [5.41, 5.74) is -4.69. The summed E-state index contributed by atoms with van der Waals surface area (Å²) in [5.74, 6) is -1.94. The number of fused-ring (bicyclic) bond motifs is 5. The predicted octanol–water partition coefficient (Wildman–Crippen LogP) is 2.16. The van der Waals surface area contributed by atoms with Crippen molar-refractivity contribution in [3.63, 3.8) is 0 Å². The van der Waals surface area contributed by atoms with Crippen molar-refractivity contribution in [2.75, 3.05) is 6.61 Å². The summed E-state index contributed by atoms with van der Waals surface area (Å²) in [5, 5.41) is 44.4. The van der Waals surface area contributed by atoms with Gasteiger partial charge in [0.1, 0.15) is 17.9 Å². The fourth-order valence-corrected chi connectivity index (χ4v) is 7.33. The second-order valence-corrected chi connectivity index (χ2v) is 9.87. The van der Waals surface area contributed by atoms with Crippen molar-refractivity contribution in [3.8, 4) is 0 Å². The molecule has 0 aromatic rings. The fourth-order valence-electron chi connectivity index (χ4n) is 7.33. The highest BCUT2D eigenvalue weighted by molar-refractivity contribution is 6.05. The Morgan fingerprint density at radius 2 is 2.03 bits per heavy atom. The highest BCUT2D eigenvalue weighted by atomic mass is 19.1. The molecule has 29 heavy (non-hydrogen) atoms. The second kappa shape index (κ2) is 6.22. The molecule has 160 valence electrons. The monoisotopic (exact) mass is 407 g/mol. The maximum absolute atomic E-state index is 17.0. The molecule has 4 aliphatic carbocycles. The topological polar surface area (TPSA) is 110 Å². The van der Waals surface area contributed by atoms with Gasteiger partial charge in [0.2, 0.25) is 0 Å². The number of aliphatic hydroxyl groups excluding tert-OH is 2. The minimum atomic E-state index is -1.97. The van der Waals surface area contributed by atoms with Gasteiger partial charge in [-0.3, -0.25) is 4.79 Å². The molecular weight excluding hydrogens is 377 g/mol. The van der Waals surface area contributed by atoms with Gasteiger partial charge in [-0.1, -0.05) is 30.7 Å². The third kappa shape index (κ3) is 2.21. The lowest BCUT2D eigenvalue weighted by molar-refractivity contribution is -0.219. The first kappa shape index (κ1) is 20.7. The van der Waals surface area contributed by atoms with Gasteiger partial charge < -0.3 is 20.5 Å². The summed E-state index contributed by atoms with van der Waals surface area (Å²) in [6.45, 7) is 4.52. The van der Waals surface area contributed by atoms with E-state index in [9.17, 15) is 20.1 Å². The third-order valence-corrected chi connectivity index (χ3v) is 8.92. The van der Waals surface area contributed by atoms with E-state index in [1.807, 2.05) is 0 Å². The van der Waals surface area contributed by atoms with Crippen LogP contribution >= 0.6 is 0 Å². The fraction of sp³-hybridized carbons (Fsp3) is 0.727. The molecule has 0 amide bonds. The van der Waals surface area contributed by atoms with Crippen molar-refractivity contribution in [2.45, 2.75) is 63.8 Å². The number of allylic oxidation sites excluding steroid dienone is 4. The summed E-state index contributed by atoms with van der Waals surface area (Å²) in [6, 6.07) is 0. The zero-order valence-corrected chi connectivity index (χ0v) is 17.1. The van der Waals surface area contributed by atoms with Crippen LogP contribution in [0.4, 0.5) is 4.39 Å². The number of hydrogen-bond donors (Lipinski definition) is 4. The van der Waals surface area contributed by atoms with Crippen molar-refractivity contribution >= 4 is 11.5 Å². The molecule has 0 aliphatic heterocycles. The molecule has 0 heterocycles. The lowest BCUT2D eigenvalue weighted by atomic mass is 9.44. The first-order valence-electron chi connectivity index (χ1n) is 10.4. The van der Waals surface area contributed by atoms with Gasteiger partial charge in [0.25, 0.3) is 0 Å².